The van der Waals surface area contributed by atoms with Crippen LogP contribution in [0.2, 0.25) is 0 Å². The first kappa shape index (κ1) is 16.2. The van der Waals surface area contributed by atoms with E-state index in [0.717, 1.165) is 4.57 Å². The quantitative estimate of drug-likeness (QED) is 0.746. The van der Waals surface area contributed by atoms with E-state index < -0.39 is 23.2 Å². The number of carbonyl (C=O) groups excluding carboxylic acids is 2. The average Bonchev–Trinajstić information content (AvgIpc) is 2.34. The van der Waals surface area contributed by atoms with Gasteiger partial charge in [0.1, 0.15) is 17.7 Å². The Hall–Kier alpha value is -1.90. The van der Waals surface area contributed by atoms with Crippen molar-refractivity contribution in [3.8, 4) is 0 Å². The number of aromatic nitrogens is 2. The zero-order valence-corrected chi connectivity index (χ0v) is 12.5. The van der Waals surface area contributed by atoms with Gasteiger partial charge in [0.2, 0.25) is 0 Å². The number of H-pyrrole nitrogens is 1. The molecule has 0 fully saturated rings. The van der Waals surface area contributed by atoms with Crippen LogP contribution in [-0.4, -0.2) is 28.1 Å². The van der Waals surface area contributed by atoms with Crippen molar-refractivity contribution in [2.75, 3.05) is 6.61 Å². The van der Waals surface area contributed by atoms with Crippen LogP contribution < -0.4 is 11.2 Å². The van der Waals surface area contributed by atoms with Gasteiger partial charge in [-0.15, -0.1) is 0 Å². The molecule has 1 rings (SSSR count). The van der Waals surface area contributed by atoms with E-state index in [-0.39, 0.29) is 29.9 Å². The molecule has 0 bridgehead atoms. The zero-order valence-electron chi connectivity index (χ0n) is 10.9. The van der Waals surface area contributed by atoms with Crippen LogP contribution in [0, 0.1) is 0 Å². The normalized spacial score (nSPS) is 10.2. The molecule has 1 aromatic rings. The lowest BCUT2D eigenvalue weighted by Crippen LogP contribution is -2.35. The third kappa shape index (κ3) is 4.34. The Morgan fingerprint density at radius 3 is 2.35 bits per heavy atom. The molecule has 0 atom stereocenters. The summed E-state index contributed by atoms with van der Waals surface area (Å²) in [4.78, 5) is 46.9. The Morgan fingerprint density at radius 1 is 1.20 bits per heavy atom. The van der Waals surface area contributed by atoms with Gasteiger partial charge in [-0.05, 0) is 15.9 Å². The lowest BCUT2D eigenvalue weighted by atomic mass is 10.4. The van der Waals surface area contributed by atoms with E-state index in [1.54, 1.807) is 0 Å². The Bertz CT molecular complexity index is 633. The van der Waals surface area contributed by atoms with Gasteiger partial charge in [0.25, 0.3) is 5.56 Å². The van der Waals surface area contributed by atoms with Crippen molar-refractivity contribution < 1.29 is 19.1 Å². The summed E-state index contributed by atoms with van der Waals surface area (Å²) in [6.07, 6.45) is 0. The van der Waals surface area contributed by atoms with E-state index in [2.05, 4.69) is 20.9 Å². The van der Waals surface area contributed by atoms with Gasteiger partial charge in [-0.25, -0.2) is 4.79 Å². The maximum absolute atomic E-state index is 11.7. The van der Waals surface area contributed by atoms with Crippen LogP contribution in [0.4, 0.5) is 0 Å². The van der Waals surface area contributed by atoms with Gasteiger partial charge in [-0.2, -0.15) is 0 Å². The number of nitrogens with zero attached hydrogens (tertiary/aromatic N) is 1. The van der Waals surface area contributed by atoms with Crippen LogP contribution in [0.3, 0.4) is 0 Å². The minimum absolute atomic E-state index is 0.0321. The third-order valence-corrected chi connectivity index (χ3v) is 3.09. The van der Waals surface area contributed by atoms with E-state index in [0.29, 0.717) is 0 Å². The molecule has 0 aliphatic heterocycles. The number of carbonyl (C=O) groups is 2. The first-order chi connectivity index (χ1) is 9.32. The summed E-state index contributed by atoms with van der Waals surface area (Å²) in [6.45, 7) is 2.20. The molecule has 9 heteroatoms. The first-order valence-corrected chi connectivity index (χ1v) is 6.40. The molecule has 0 saturated heterocycles. The molecular weight excluding hydrogens is 336 g/mol. The summed E-state index contributed by atoms with van der Waals surface area (Å²) in [5.41, 5.74) is -1.10. The molecule has 0 saturated carbocycles. The maximum Gasteiger partial charge on any atom is 0.328 e. The summed E-state index contributed by atoms with van der Waals surface area (Å²) in [5.74, 6) is -1.03. The van der Waals surface area contributed by atoms with Crippen LogP contribution in [0.5, 0.6) is 0 Å². The fraction of sp³-hybridized carbons (Fsp3) is 0.455. The zero-order chi connectivity index (χ0) is 15.3. The molecule has 0 amide bonds. The van der Waals surface area contributed by atoms with Gasteiger partial charge < -0.3 is 9.47 Å². The Kier molecular flexibility index (Phi) is 5.68. The molecule has 20 heavy (non-hydrogen) atoms. The minimum Gasteiger partial charge on any atom is -0.464 e. The lowest BCUT2D eigenvalue weighted by molar-refractivity contribution is -0.142. The Balaban J connectivity index is 3.09. The second-order valence-electron chi connectivity index (χ2n) is 3.79. The van der Waals surface area contributed by atoms with Crippen molar-refractivity contribution in [1.82, 2.24) is 9.55 Å². The van der Waals surface area contributed by atoms with Gasteiger partial charge in [0.05, 0.1) is 12.2 Å². The number of hydrogen-bond donors (Lipinski definition) is 1. The van der Waals surface area contributed by atoms with Crippen LogP contribution in [0.15, 0.2) is 14.1 Å². The number of esters is 2. The molecule has 0 spiro atoms. The highest BCUT2D eigenvalue weighted by atomic mass is 79.9. The number of hydrogen-bond acceptors (Lipinski definition) is 6. The molecular formula is C11H13BrN2O6. The predicted molar refractivity (Wildman–Crippen MR) is 71.1 cm³/mol. The fourth-order valence-electron chi connectivity index (χ4n) is 1.42. The summed E-state index contributed by atoms with van der Waals surface area (Å²) < 4.78 is 10.8. The number of rotatable bonds is 5. The van der Waals surface area contributed by atoms with Crippen molar-refractivity contribution in [3.63, 3.8) is 0 Å². The largest absolute Gasteiger partial charge is 0.464 e. The monoisotopic (exact) mass is 348 g/mol. The second-order valence-corrected chi connectivity index (χ2v) is 4.58. The summed E-state index contributed by atoms with van der Waals surface area (Å²) in [5, 5.41) is 0. The van der Waals surface area contributed by atoms with E-state index in [1.807, 2.05) is 0 Å². The van der Waals surface area contributed by atoms with Crippen LogP contribution in [0.1, 0.15) is 19.5 Å². The van der Waals surface area contributed by atoms with Crippen molar-refractivity contribution in [2.24, 2.45) is 0 Å². The first-order valence-electron chi connectivity index (χ1n) is 5.61. The standard InChI is InChI=1S/C11H13BrN2O6/c1-6(15)19-4-3-14-8(5-20-7(2)16)9(12)10(17)13-11(14)18/h3-5H2,1-2H3,(H,13,17,18). The smallest absolute Gasteiger partial charge is 0.328 e. The molecule has 0 unspecified atom stereocenters. The van der Waals surface area contributed by atoms with Gasteiger partial charge in [0.15, 0.2) is 0 Å². The molecule has 1 N–H and O–H groups in total. The van der Waals surface area contributed by atoms with E-state index in [1.165, 1.54) is 13.8 Å². The molecule has 1 heterocycles. The predicted octanol–water partition coefficient (Wildman–Crippen LogP) is -0.0747. The Labute approximate surface area is 121 Å². The van der Waals surface area contributed by atoms with E-state index >= 15 is 0 Å². The number of ether oxygens (including phenoxy) is 2. The van der Waals surface area contributed by atoms with Gasteiger partial charge in [0, 0.05) is 13.8 Å². The van der Waals surface area contributed by atoms with Gasteiger partial charge in [-0.3, -0.25) is 23.9 Å². The molecule has 0 radical (unpaired) electrons. The highest BCUT2D eigenvalue weighted by Gasteiger charge is 2.14. The number of nitrogens with one attached hydrogen (secondary N) is 1. The third-order valence-electron chi connectivity index (χ3n) is 2.28. The van der Waals surface area contributed by atoms with Gasteiger partial charge >= 0.3 is 17.6 Å². The summed E-state index contributed by atoms with van der Waals surface area (Å²) in [6, 6.07) is 0. The molecule has 0 aliphatic carbocycles. The number of halogens is 1. The maximum atomic E-state index is 11.7. The van der Waals surface area contributed by atoms with Crippen LogP contribution >= 0.6 is 15.9 Å². The summed E-state index contributed by atoms with van der Waals surface area (Å²) in [7, 11) is 0. The topological polar surface area (TPSA) is 107 Å². The summed E-state index contributed by atoms with van der Waals surface area (Å²) >= 11 is 3.03. The van der Waals surface area contributed by atoms with Crippen molar-refractivity contribution in [3.05, 3.63) is 31.0 Å². The minimum atomic E-state index is -0.674. The highest BCUT2D eigenvalue weighted by Crippen LogP contribution is 2.11. The van der Waals surface area contributed by atoms with Crippen LogP contribution in [-0.2, 0) is 32.2 Å². The molecule has 110 valence electrons. The van der Waals surface area contributed by atoms with Crippen LogP contribution in [0.25, 0.3) is 0 Å². The number of aromatic amines is 1. The molecule has 0 aromatic carbocycles. The van der Waals surface area contributed by atoms with Crippen molar-refractivity contribution in [2.45, 2.75) is 27.0 Å². The SMILES string of the molecule is CC(=O)OCCn1c(COC(C)=O)c(Br)c(=O)[nH]c1=O. The second kappa shape index (κ2) is 7.04. The average molecular weight is 349 g/mol. The molecule has 0 aliphatic rings. The molecule has 8 nitrogen and oxygen atoms in total. The lowest BCUT2D eigenvalue weighted by Gasteiger charge is -2.13. The fourth-order valence-corrected chi connectivity index (χ4v) is 1.85. The van der Waals surface area contributed by atoms with E-state index in [9.17, 15) is 19.2 Å². The highest BCUT2D eigenvalue weighted by molar-refractivity contribution is 9.10. The Morgan fingerprint density at radius 2 is 1.80 bits per heavy atom. The van der Waals surface area contributed by atoms with Crippen molar-refractivity contribution in [1.29, 1.82) is 0 Å². The van der Waals surface area contributed by atoms with Gasteiger partial charge in [-0.1, -0.05) is 0 Å². The van der Waals surface area contributed by atoms with Crippen molar-refractivity contribution >= 4 is 27.9 Å². The molecule has 1 aromatic heterocycles. The van der Waals surface area contributed by atoms with E-state index in [4.69, 9.17) is 9.47 Å².